The minimum Gasteiger partial charge on any atom is -0.479 e. The standard InChI is InChI=1S/C6H8BrN3O/c1-11-6-5(10-8)4(7)2-3-9-6/h2-3,10H,8H2,1H3. The number of hydrogen-bond donors (Lipinski definition) is 2. The number of anilines is 1. The normalized spacial score (nSPS) is 9.36. The maximum Gasteiger partial charge on any atom is 0.239 e. The van der Waals surface area contributed by atoms with Crippen molar-refractivity contribution < 1.29 is 4.74 Å². The van der Waals surface area contributed by atoms with Gasteiger partial charge in [-0.15, -0.1) is 0 Å². The van der Waals surface area contributed by atoms with Gasteiger partial charge in [0, 0.05) is 10.7 Å². The minimum absolute atomic E-state index is 0.474. The number of nitrogen functional groups attached to an aromatic ring is 1. The molecule has 0 aliphatic carbocycles. The van der Waals surface area contributed by atoms with Crippen LogP contribution in [0.25, 0.3) is 0 Å². The molecule has 0 aromatic carbocycles. The van der Waals surface area contributed by atoms with Gasteiger partial charge in [0.1, 0.15) is 5.69 Å². The maximum atomic E-state index is 5.23. The van der Waals surface area contributed by atoms with Crippen molar-refractivity contribution in [3.63, 3.8) is 0 Å². The number of nitrogens with two attached hydrogens (primary N) is 1. The number of nitrogens with one attached hydrogen (secondary N) is 1. The van der Waals surface area contributed by atoms with Crippen LogP contribution < -0.4 is 16.0 Å². The topological polar surface area (TPSA) is 60.2 Å². The Hall–Kier alpha value is -0.810. The summed E-state index contributed by atoms with van der Waals surface area (Å²) in [7, 11) is 1.54. The van der Waals surface area contributed by atoms with Crippen LogP contribution in [-0.2, 0) is 0 Å². The van der Waals surface area contributed by atoms with Crippen molar-refractivity contribution in [1.29, 1.82) is 0 Å². The molecule has 0 unspecified atom stereocenters. The summed E-state index contributed by atoms with van der Waals surface area (Å²) in [5.41, 5.74) is 3.13. The van der Waals surface area contributed by atoms with E-state index in [0.717, 1.165) is 4.47 Å². The van der Waals surface area contributed by atoms with E-state index in [4.69, 9.17) is 10.6 Å². The van der Waals surface area contributed by atoms with E-state index < -0.39 is 0 Å². The molecule has 11 heavy (non-hydrogen) atoms. The number of methoxy groups -OCH3 is 1. The van der Waals surface area contributed by atoms with Crippen molar-refractivity contribution in [1.82, 2.24) is 4.98 Å². The summed E-state index contributed by atoms with van der Waals surface area (Å²) in [6, 6.07) is 1.78. The highest BCUT2D eigenvalue weighted by atomic mass is 79.9. The van der Waals surface area contributed by atoms with Crippen LogP contribution in [0.1, 0.15) is 0 Å². The van der Waals surface area contributed by atoms with E-state index in [9.17, 15) is 0 Å². The Labute approximate surface area is 72.9 Å². The molecule has 4 nitrogen and oxygen atoms in total. The minimum atomic E-state index is 0.474. The van der Waals surface area contributed by atoms with Crippen molar-refractivity contribution in [2.24, 2.45) is 5.84 Å². The van der Waals surface area contributed by atoms with Gasteiger partial charge in [-0.1, -0.05) is 0 Å². The Balaban J connectivity index is 3.13. The van der Waals surface area contributed by atoms with Crippen LogP contribution in [0.15, 0.2) is 16.7 Å². The largest absolute Gasteiger partial charge is 0.479 e. The van der Waals surface area contributed by atoms with E-state index in [1.807, 2.05) is 0 Å². The van der Waals surface area contributed by atoms with E-state index >= 15 is 0 Å². The van der Waals surface area contributed by atoms with Gasteiger partial charge >= 0.3 is 0 Å². The zero-order valence-corrected chi connectivity index (χ0v) is 7.55. The second-order valence-corrected chi connectivity index (χ2v) is 2.68. The van der Waals surface area contributed by atoms with Crippen molar-refractivity contribution in [3.8, 4) is 5.88 Å². The number of aromatic nitrogens is 1. The molecule has 0 fully saturated rings. The summed E-state index contributed by atoms with van der Waals surface area (Å²) >= 11 is 3.29. The lowest BCUT2D eigenvalue weighted by molar-refractivity contribution is 0.399. The van der Waals surface area contributed by atoms with Crippen molar-refractivity contribution in [2.75, 3.05) is 12.5 Å². The lowest BCUT2D eigenvalue weighted by Gasteiger charge is -2.06. The summed E-state index contributed by atoms with van der Waals surface area (Å²) < 4.78 is 5.76. The summed E-state index contributed by atoms with van der Waals surface area (Å²) in [5, 5.41) is 0. The Kier molecular flexibility index (Phi) is 2.67. The number of rotatable bonds is 2. The molecule has 1 aromatic rings. The Morgan fingerprint density at radius 3 is 2.91 bits per heavy atom. The number of ether oxygens (including phenoxy) is 1. The molecule has 0 aliphatic rings. The van der Waals surface area contributed by atoms with E-state index in [1.165, 1.54) is 7.11 Å². The van der Waals surface area contributed by atoms with Gasteiger partial charge in [0.15, 0.2) is 0 Å². The molecule has 60 valence electrons. The average molecular weight is 218 g/mol. The van der Waals surface area contributed by atoms with Gasteiger partial charge < -0.3 is 10.2 Å². The quantitative estimate of drug-likeness (QED) is 0.577. The number of pyridine rings is 1. The number of hydrazine groups is 1. The third kappa shape index (κ3) is 1.61. The fraction of sp³-hybridized carbons (Fsp3) is 0.167. The smallest absolute Gasteiger partial charge is 0.239 e. The number of halogens is 1. The fourth-order valence-electron chi connectivity index (χ4n) is 0.706. The monoisotopic (exact) mass is 217 g/mol. The summed E-state index contributed by atoms with van der Waals surface area (Å²) in [6.07, 6.45) is 1.63. The average Bonchev–Trinajstić information content (AvgIpc) is 2.04. The van der Waals surface area contributed by atoms with E-state index in [0.29, 0.717) is 11.6 Å². The fourth-order valence-corrected chi connectivity index (χ4v) is 1.11. The lowest BCUT2D eigenvalue weighted by Crippen LogP contribution is -2.09. The van der Waals surface area contributed by atoms with E-state index in [2.05, 4.69) is 26.3 Å². The van der Waals surface area contributed by atoms with Crippen LogP contribution in [-0.4, -0.2) is 12.1 Å². The van der Waals surface area contributed by atoms with Crippen LogP contribution >= 0.6 is 15.9 Å². The second kappa shape index (κ2) is 3.54. The van der Waals surface area contributed by atoms with Crippen LogP contribution in [0.5, 0.6) is 5.88 Å². The molecule has 1 rings (SSSR count). The lowest BCUT2D eigenvalue weighted by atomic mass is 10.4. The molecule has 0 atom stereocenters. The molecule has 5 heteroatoms. The molecule has 1 aromatic heterocycles. The summed E-state index contributed by atoms with van der Waals surface area (Å²) in [4.78, 5) is 3.93. The Morgan fingerprint density at radius 1 is 1.73 bits per heavy atom. The first kappa shape index (κ1) is 8.29. The predicted octanol–water partition coefficient (Wildman–Crippen LogP) is 1.14. The molecule has 1 heterocycles. The van der Waals surface area contributed by atoms with Gasteiger partial charge in [-0.3, -0.25) is 5.84 Å². The number of nitrogens with zero attached hydrogens (tertiary/aromatic N) is 1. The van der Waals surface area contributed by atoms with Crippen LogP contribution in [0.3, 0.4) is 0 Å². The highest BCUT2D eigenvalue weighted by Crippen LogP contribution is 2.28. The first-order valence-corrected chi connectivity index (χ1v) is 3.74. The molecule has 3 N–H and O–H groups in total. The van der Waals surface area contributed by atoms with Crippen molar-refractivity contribution >= 4 is 21.6 Å². The van der Waals surface area contributed by atoms with Crippen LogP contribution in [0.2, 0.25) is 0 Å². The van der Waals surface area contributed by atoms with E-state index in [-0.39, 0.29) is 0 Å². The summed E-state index contributed by atoms with van der Waals surface area (Å²) in [6.45, 7) is 0. The highest BCUT2D eigenvalue weighted by Gasteiger charge is 2.05. The Morgan fingerprint density at radius 2 is 2.45 bits per heavy atom. The van der Waals surface area contributed by atoms with Gasteiger partial charge in [-0.25, -0.2) is 4.98 Å². The molecular weight excluding hydrogens is 210 g/mol. The first-order chi connectivity index (χ1) is 5.29. The summed E-state index contributed by atoms with van der Waals surface area (Å²) in [5.74, 6) is 5.70. The van der Waals surface area contributed by atoms with Gasteiger partial charge in [0.25, 0.3) is 0 Å². The molecule has 0 bridgehead atoms. The van der Waals surface area contributed by atoms with Gasteiger partial charge in [-0.2, -0.15) is 0 Å². The van der Waals surface area contributed by atoms with E-state index in [1.54, 1.807) is 12.3 Å². The Bertz CT molecular complexity index is 254. The molecular formula is C6H8BrN3O. The third-order valence-electron chi connectivity index (χ3n) is 1.20. The zero-order valence-electron chi connectivity index (χ0n) is 5.97. The number of hydrogen-bond acceptors (Lipinski definition) is 4. The first-order valence-electron chi connectivity index (χ1n) is 2.94. The second-order valence-electron chi connectivity index (χ2n) is 1.82. The zero-order chi connectivity index (χ0) is 8.27. The molecule has 0 amide bonds. The van der Waals surface area contributed by atoms with Crippen LogP contribution in [0.4, 0.5) is 5.69 Å². The molecule has 0 aliphatic heterocycles. The molecule has 0 radical (unpaired) electrons. The van der Waals surface area contributed by atoms with Gasteiger partial charge in [0.2, 0.25) is 5.88 Å². The van der Waals surface area contributed by atoms with Crippen LogP contribution in [0, 0.1) is 0 Å². The highest BCUT2D eigenvalue weighted by molar-refractivity contribution is 9.10. The SMILES string of the molecule is COc1nccc(Br)c1NN. The van der Waals surface area contributed by atoms with Crippen molar-refractivity contribution in [2.45, 2.75) is 0 Å². The third-order valence-corrected chi connectivity index (χ3v) is 1.86. The maximum absolute atomic E-state index is 5.23. The van der Waals surface area contributed by atoms with Gasteiger partial charge in [-0.05, 0) is 22.0 Å². The molecule has 0 saturated heterocycles. The predicted molar refractivity (Wildman–Crippen MR) is 46.3 cm³/mol. The molecule has 0 spiro atoms. The van der Waals surface area contributed by atoms with Crippen molar-refractivity contribution in [3.05, 3.63) is 16.7 Å². The molecule has 0 saturated carbocycles. The van der Waals surface area contributed by atoms with Gasteiger partial charge in [0.05, 0.1) is 7.11 Å².